The summed E-state index contributed by atoms with van der Waals surface area (Å²) in [6, 6.07) is 0. The van der Waals surface area contributed by atoms with Gasteiger partial charge in [-0.1, -0.05) is 26.7 Å². The maximum absolute atomic E-state index is 4.70. The molecule has 0 aliphatic heterocycles. The Labute approximate surface area is 126 Å². The molecule has 0 aliphatic rings. The molecule has 0 radical (unpaired) electrons. The largest absolute Gasteiger partial charge is 0.355 e. The average Bonchev–Trinajstić information content (AvgIpc) is 2.95. The topological polar surface area (TPSA) is 69.7 Å². The molecule has 116 valence electrons. The summed E-state index contributed by atoms with van der Waals surface area (Å²) in [6.07, 6.45) is 6.38. The Kier molecular flexibility index (Phi) is 5.78. The van der Waals surface area contributed by atoms with Gasteiger partial charge in [0.2, 0.25) is 5.95 Å². The predicted octanol–water partition coefficient (Wildman–Crippen LogP) is 3.19. The zero-order valence-electron chi connectivity index (χ0n) is 13.3. The first-order valence-corrected chi connectivity index (χ1v) is 8.00. The minimum atomic E-state index is 0.657. The van der Waals surface area contributed by atoms with Crippen LogP contribution in [0.4, 0.5) is 11.8 Å². The molecule has 2 heterocycles. The van der Waals surface area contributed by atoms with Crippen molar-refractivity contribution < 1.29 is 0 Å². The van der Waals surface area contributed by atoms with Crippen LogP contribution in [0.25, 0.3) is 11.2 Å². The maximum atomic E-state index is 4.70. The predicted molar refractivity (Wildman–Crippen MR) is 87.9 cm³/mol. The SMILES string of the molecule is CCCCN(CCCC)c1nc(NCC)nc2nc[nH]c12. The first-order chi connectivity index (χ1) is 10.3. The van der Waals surface area contributed by atoms with Crippen LogP contribution in [0.5, 0.6) is 0 Å². The Morgan fingerprint density at radius 1 is 1.10 bits per heavy atom. The minimum absolute atomic E-state index is 0.657. The van der Waals surface area contributed by atoms with Gasteiger partial charge in [0.25, 0.3) is 0 Å². The molecule has 2 rings (SSSR count). The van der Waals surface area contributed by atoms with Crippen LogP contribution in [-0.2, 0) is 0 Å². The van der Waals surface area contributed by atoms with E-state index < -0.39 is 0 Å². The highest BCUT2D eigenvalue weighted by Gasteiger charge is 2.15. The molecular formula is C15H26N6. The highest BCUT2D eigenvalue weighted by molar-refractivity contribution is 5.84. The summed E-state index contributed by atoms with van der Waals surface area (Å²) >= 11 is 0. The van der Waals surface area contributed by atoms with Crippen molar-refractivity contribution >= 4 is 22.9 Å². The van der Waals surface area contributed by atoms with Crippen LogP contribution in [0, 0.1) is 0 Å². The van der Waals surface area contributed by atoms with E-state index in [0.29, 0.717) is 5.95 Å². The number of hydrogen-bond acceptors (Lipinski definition) is 5. The highest BCUT2D eigenvalue weighted by atomic mass is 15.2. The second kappa shape index (κ2) is 7.81. The van der Waals surface area contributed by atoms with E-state index in [2.05, 4.69) is 39.0 Å². The van der Waals surface area contributed by atoms with Crippen molar-refractivity contribution in [3.8, 4) is 0 Å². The second-order valence-electron chi connectivity index (χ2n) is 5.20. The molecule has 6 heteroatoms. The average molecular weight is 290 g/mol. The normalized spacial score (nSPS) is 11.0. The Hall–Kier alpha value is -1.85. The molecule has 0 bridgehead atoms. The van der Waals surface area contributed by atoms with E-state index in [0.717, 1.165) is 36.6 Å². The number of anilines is 2. The van der Waals surface area contributed by atoms with E-state index in [9.17, 15) is 0 Å². The highest BCUT2D eigenvalue weighted by Crippen LogP contribution is 2.23. The van der Waals surface area contributed by atoms with Crippen LogP contribution in [0.3, 0.4) is 0 Å². The first-order valence-electron chi connectivity index (χ1n) is 8.00. The van der Waals surface area contributed by atoms with Gasteiger partial charge in [0.15, 0.2) is 11.5 Å². The van der Waals surface area contributed by atoms with Gasteiger partial charge in [-0.05, 0) is 19.8 Å². The molecule has 2 N–H and O–H groups in total. The van der Waals surface area contributed by atoms with E-state index in [1.54, 1.807) is 6.33 Å². The molecule has 2 aromatic heterocycles. The molecule has 2 aromatic rings. The van der Waals surface area contributed by atoms with Crippen molar-refractivity contribution in [2.75, 3.05) is 29.9 Å². The molecule has 0 unspecified atom stereocenters. The summed E-state index contributed by atoms with van der Waals surface area (Å²) in [5.74, 6) is 1.63. The van der Waals surface area contributed by atoms with Crippen molar-refractivity contribution in [1.82, 2.24) is 19.9 Å². The van der Waals surface area contributed by atoms with Gasteiger partial charge in [0, 0.05) is 19.6 Å². The van der Waals surface area contributed by atoms with Gasteiger partial charge in [0.1, 0.15) is 5.52 Å². The fourth-order valence-electron chi connectivity index (χ4n) is 2.31. The number of aromatic amines is 1. The Balaban J connectivity index is 2.35. The Bertz CT molecular complexity index is 542. The van der Waals surface area contributed by atoms with Gasteiger partial charge in [-0.2, -0.15) is 9.97 Å². The van der Waals surface area contributed by atoms with Crippen LogP contribution in [0.2, 0.25) is 0 Å². The lowest BCUT2D eigenvalue weighted by Crippen LogP contribution is -2.27. The number of hydrogen-bond donors (Lipinski definition) is 2. The molecule has 0 saturated heterocycles. The van der Waals surface area contributed by atoms with Crippen LogP contribution >= 0.6 is 0 Å². The van der Waals surface area contributed by atoms with Gasteiger partial charge in [-0.25, -0.2) is 4.98 Å². The number of rotatable bonds is 9. The molecule has 0 fully saturated rings. The van der Waals surface area contributed by atoms with E-state index in [1.165, 1.54) is 25.7 Å². The van der Waals surface area contributed by atoms with Crippen LogP contribution in [0.15, 0.2) is 6.33 Å². The summed E-state index contributed by atoms with van der Waals surface area (Å²) in [7, 11) is 0. The van der Waals surface area contributed by atoms with E-state index in [-0.39, 0.29) is 0 Å². The third kappa shape index (κ3) is 3.83. The zero-order chi connectivity index (χ0) is 15.1. The van der Waals surface area contributed by atoms with Gasteiger partial charge in [-0.15, -0.1) is 0 Å². The van der Waals surface area contributed by atoms with Gasteiger partial charge >= 0.3 is 0 Å². The zero-order valence-corrected chi connectivity index (χ0v) is 13.3. The number of fused-ring (bicyclic) bond motifs is 1. The lowest BCUT2D eigenvalue weighted by atomic mass is 10.2. The number of imidazole rings is 1. The molecule has 0 saturated carbocycles. The van der Waals surface area contributed by atoms with Crippen molar-refractivity contribution in [3.63, 3.8) is 0 Å². The third-order valence-electron chi connectivity index (χ3n) is 3.46. The molecule has 0 spiro atoms. The number of nitrogens with zero attached hydrogens (tertiary/aromatic N) is 4. The number of aromatic nitrogens is 4. The van der Waals surface area contributed by atoms with E-state index in [1.807, 2.05) is 6.92 Å². The standard InChI is InChI=1S/C15H26N6/c1-4-7-9-21(10-8-5-2)14-12-13(18-11-17-12)19-15(20-14)16-6-3/h11H,4-10H2,1-3H3,(H2,16,17,18,19,20). The van der Waals surface area contributed by atoms with Crippen LogP contribution in [0.1, 0.15) is 46.5 Å². The first kappa shape index (κ1) is 15.5. The fraction of sp³-hybridized carbons (Fsp3) is 0.667. The van der Waals surface area contributed by atoms with Gasteiger partial charge < -0.3 is 15.2 Å². The lowest BCUT2D eigenvalue weighted by molar-refractivity contribution is 0.672. The molecular weight excluding hydrogens is 264 g/mol. The second-order valence-corrected chi connectivity index (χ2v) is 5.20. The fourth-order valence-corrected chi connectivity index (χ4v) is 2.31. The molecule has 0 aliphatic carbocycles. The monoisotopic (exact) mass is 290 g/mol. The molecule has 0 atom stereocenters. The Morgan fingerprint density at radius 2 is 1.81 bits per heavy atom. The summed E-state index contributed by atoms with van der Waals surface area (Å²) in [4.78, 5) is 19.0. The van der Waals surface area contributed by atoms with Crippen molar-refractivity contribution in [1.29, 1.82) is 0 Å². The van der Waals surface area contributed by atoms with Gasteiger partial charge in [0.05, 0.1) is 6.33 Å². The summed E-state index contributed by atoms with van der Waals surface area (Å²) in [5, 5.41) is 3.19. The minimum Gasteiger partial charge on any atom is -0.355 e. The van der Waals surface area contributed by atoms with Crippen molar-refractivity contribution in [2.24, 2.45) is 0 Å². The van der Waals surface area contributed by atoms with Crippen LogP contribution in [-0.4, -0.2) is 39.6 Å². The summed E-state index contributed by atoms with van der Waals surface area (Å²) in [5.41, 5.74) is 1.66. The van der Waals surface area contributed by atoms with E-state index >= 15 is 0 Å². The summed E-state index contributed by atoms with van der Waals surface area (Å²) in [6.45, 7) is 9.32. The van der Waals surface area contributed by atoms with Gasteiger partial charge in [-0.3, -0.25) is 0 Å². The number of H-pyrrole nitrogens is 1. The third-order valence-corrected chi connectivity index (χ3v) is 3.46. The summed E-state index contributed by atoms with van der Waals surface area (Å²) < 4.78 is 0. The Morgan fingerprint density at radius 3 is 2.43 bits per heavy atom. The number of unbranched alkanes of at least 4 members (excludes halogenated alkanes) is 2. The van der Waals surface area contributed by atoms with Crippen LogP contribution < -0.4 is 10.2 Å². The lowest BCUT2D eigenvalue weighted by Gasteiger charge is -2.24. The molecule has 21 heavy (non-hydrogen) atoms. The smallest absolute Gasteiger partial charge is 0.226 e. The van der Waals surface area contributed by atoms with Crippen molar-refractivity contribution in [3.05, 3.63) is 6.33 Å². The molecule has 0 amide bonds. The van der Waals surface area contributed by atoms with Crippen molar-refractivity contribution in [2.45, 2.75) is 46.5 Å². The quantitative estimate of drug-likeness (QED) is 0.742. The van der Waals surface area contributed by atoms with E-state index in [4.69, 9.17) is 4.98 Å². The number of nitrogens with one attached hydrogen (secondary N) is 2. The maximum Gasteiger partial charge on any atom is 0.226 e. The molecule has 0 aromatic carbocycles. The molecule has 6 nitrogen and oxygen atoms in total.